The molecule has 0 aliphatic heterocycles. The van der Waals surface area contributed by atoms with E-state index in [2.05, 4.69) is 20.8 Å². The van der Waals surface area contributed by atoms with Crippen molar-refractivity contribution in [2.75, 3.05) is 7.05 Å². The highest BCUT2D eigenvalue weighted by molar-refractivity contribution is 5.81. The van der Waals surface area contributed by atoms with Crippen molar-refractivity contribution < 1.29 is 4.79 Å². The second kappa shape index (κ2) is 7.69. The van der Waals surface area contributed by atoms with Gasteiger partial charge in [0.1, 0.15) is 0 Å². The Balaban J connectivity index is 4.16. The Morgan fingerprint density at radius 2 is 1.80 bits per heavy atom. The third-order valence-electron chi connectivity index (χ3n) is 3.02. The van der Waals surface area contributed by atoms with E-state index in [1.54, 1.807) is 0 Å². The number of likely N-dealkylation sites (N-methyl/N-ethyl adjacent to an activating group) is 1. The molecule has 0 rings (SSSR count). The molecule has 0 bridgehead atoms. The maximum Gasteiger partial charge on any atom is 0.239 e. The van der Waals surface area contributed by atoms with Crippen LogP contribution < -0.4 is 5.73 Å². The molecule has 1 amide bonds. The Labute approximate surface area is 94.0 Å². The maximum atomic E-state index is 11.9. The number of nitrogens with zero attached hydrogens (tertiary/aromatic N) is 1. The molecule has 15 heavy (non-hydrogen) atoms. The monoisotopic (exact) mass is 214 g/mol. The van der Waals surface area contributed by atoms with E-state index in [0.717, 1.165) is 32.1 Å². The summed E-state index contributed by atoms with van der Waals surface area (Å²) in [5.41, 5.74) is 5.86. The molecule has 0 spiro atoms. The second-order valence-electron chi connectivity index (χ2n) is 4.17. The number of rotatable bonds is 7. The molecule has 1 atom stereocenters. The van der Waals surface area contributed by atoms with Crippen LogP contribution in [0.3, 0.4) is 0 Å². The van der Waals surface area contributed by atoms with Crippen molar-refractivity contribution >= 4 is 5.91 Å². The Hall–Kier alpha value is -0.570. The van der Waals surface area contributed by atoms with Crippen LogP contribution >= 0.6 is 0 Å². The number of unbranched alkanes of at least 4 members (excludes halogenated alkanes) is 1. The number of hydrogen-bond acceptors (Lipinski definition) is 2. The van der Waals surface area contributed by atoms with Gasteiger partial charge in [0.25, 0.3) is 0 Å². The molecule has 0 heterocycles. The Morgan fingerprint density at radius 1 is 1.27 bits per heavy atom. The van der Waals surface area contributed by atoms with E-state index in [1.807, 2.05) is 11.9 Å². The van der Waals surface area contributed by atoms with Gasteiger partial charge >= 0.3 is 0 Å². The Kier molecular flexibility index (Phi) is 7.39. The molecule has 3 heteroatoms. The molecular weight excluding hydrogens is 188 g/mol. The highest BCUT2D eigenvalue weighted by Gasteiger charge is 2.21. The minimum absolute atomic E-state index is 0.0946. The molecule has 0 unspecified atom stereocenters. The van der Waals surface area contributed by atoms with E-state index in [0.29, 0.717) is 6.04 Å². The van der Waals surface area contributed by atoms with Crippen LogP contribution in [-0.4, -0.2) is 29.9 Å². The van der Waals surface area contributed by atoms with E-state index in [1.165, 1.54) is 0 Å². The van der Waals surface area contributed by atoms with Crippen molar-refractivity contribution in [1.29, 1.82) is 0 Å². The maximum absolute atomic E-state index is 11.9. The van der Waals surface area contributed by atoms with E-state index in [4.69, 9.17) is 5.73 Å². The summed E-state index contributed by atoms with van der Waals surface area (Å²) in [4.78, 5) is 13.7. The van der Waals surface area contributed by atoms with Gasteiger partial charge in [0.2, 0.25) is 5.91 Å². The molecule has 90 valence electrons. The van der Waals surface area contributed by atoms with Crippen LogP contribution in [-0.2, 0) is 4.79 Å². The fraction of sp³-hybridized carbons (Fsp3) is 0.917. The fourth-order valence-electron chi connectivity index (χ4n) is 1.83. The van der Waals surface area contributed by atoms with Crippen molar-refractivity contribution in [2.45, 2.75) is 65.0 Å². The molecule has 0 saturated carbocycles. The predicted octanol–water partition coefficient (Wildman–Crippen LogP) is 2.15. The van der Waals surface area contributed by atoms with Gasteiger partial charge in [-0.25, -0.2) is 0 Å². The zero-order valence-corrected chi connectivity index (χ0v) is 10.6. The van der Waals surface area contributed by atoms with Gasteiger partial charge in [0.15, 0.2) is 0 Å². The SMILES string of the molecule is CCCC[C@H](N)C(=O)N(C)C(CC)CC. The molecule has 0 aliphatic rings. The van der Waals surface area contributed by atoms with Crippen molar-refractivity contribution in [3.8, 4) is 0 Å². The normalized spacial score (nSPS) is 12.9. The molecule has 0 aliphatic carbocycles. The number of nitrogens with two attached hydrogens (primary N) is 1. The smallest absolute Gasteiger partial charge is 0.239 e. The first-order valence-electron chi connectivity index (χ1n) is 6.10. The van der Waals surface area contributed by atoms with Gasteiger partial charge in [-0.2, -0.15) is 0 Å². The van der Waals surface area contributed by atoms with Crippen molar-refractivity contribution in [1.82, 2.24) is 4.90 Å². The molecule has 3 nitrogen and oxygen atoms in total. The lowest BCUT2D eigenvalue weighted by Crippen LogP contribution is -2.46. The lowest BCUT2D eigenvalue weighted by atomic mass is 10.1. The van der Waals surface area contributed by atoms with Gasteiger partial charge in [0, 0.05) is 13.1 Å². The van der Waals surface area contributed by atoms with Crippen LogP contribution in [0.1, 0.15) is 52.9 Å². The van der Waals surface area contributed by atoms with Gasteiger partial charge in [-0.05, 0) is 19.3 Å². The summed E-state index contributed by atoms with van der Waals surface area (Å²) in [5, 5.41) is 0. The van der Waals surface area contributed by atoms with Gasteiger partial charge in [-0.15, -0.1) is 0 Å². The summed E-state index contributed by atoms with van der Waals surface area (Å²) < 4.78 is 0. The highest BCUT2D eigenvalue weighted by atomic mass is 16.2. The Morgan fingerprint density at radius 3 is 2.20 bits per heavy atom. The van der Waals surface area contributed by atoms with Crippen LogP contribution in [0, 0.1) is 0 Å². The molecular formula is C12H26N2O. The van der Waals surface area contributed by atoms with Crippen molar-refractivity contribution in [2.24, 2.45) is 5.73 Å². The second-order valence-corrected chi connectivity index (χ2v) is 4.17. The number of hydrogen-bond donors (Lipinski definition) is 1. The first-order valence-corrected chi connectivity index (χ1v) is 6.10. The predicted molar refractivity (Wildman–Crippen MR) is 64.6 cm³/mol. The lowest BCUT2D eigenvalue weighted by Gasteiger charge is -2.28. The summed E-state index contributed by atoms with van der Waals surface area (Å²) in [5.74, 6) is 0.0946. The van der Waals surface area contributed by atoms with E-state index >= 15 is 0 Å². The van der Waals surface area contributed by atoms with E-state index < -0.39 is 0 Å². The van der Waals surface area contributed by atoms with Crippen LogP contribution in [0.2, 0.25) is 0 Å². The third kappa shape index (κ3) is 4.65. The van der Waals surface area contributed by atoms with Crippen LogP contribution in [0.5, 0.6) is 0 Å². The van der Waals surface area contributed by atoms with Crippen LogP contribution in [0.15, 0.2) is 0 Å². The van der Waals surface area contributed by atoms with Crippen LogP contribution in [0.25, 0.3) is 0 Å². The quantitative estimate of drug-likeness (QED) is 0.706. The van der Waals surface area contributed by atoms with Gasteiger partial charge in [-0.3, -0.25) is 4.79 Å². The number of carbonyl (C=O) groups excluding carboxylic acids is 1. The molecule has 0 aromatic carbocycles. The average molecular weight is 214 g/mol. The molecule has 0 fully saturated rings. The minimum atomic E-state index is -0.310. The first-order chi connectivity index (χ1) is 7.08. The minimum Gasteiger partial charge on any atom is -0.341 e. The van der Waals surface area contributed by atoms with Gasteiger partial charge in [0.05, 0.1) is 6.04 Å². The summed E-state index contributed by atoms with van der Waals surface area (Å²) in [6.07, 6.45) is 4.93. The standard InChI is InChI=1S/C12H26N2O/c1-5-8-9-11(13)12(15)14(4)10(6-2)7-3/h10-11H,5-9,13H2,1-4H3/t11-/m0/s1. The third-order valence-corrected chi connectivity index (χ3v) is 3.02. The van der Waals surface area contributed by atoms with Crippen molar-refractivity contribution in [3.63, 3.8) is 0 Å². The topological polar surface area (TPSA) is 46.3 Å². The molecule has 2 N–H and O–H groups in total. The zero-order valence-electron chi connectivity index (χ0n) is 10.6. The van der Waals surface area contributed by atoms with E-state index in [9.17, 15) is 4.79 Å². The Bertz CT molecular complexity index is 178. The van der Waals surface area contributed by atoms with Crippen LogP contribution in [0.4, 0.5) is 0 Å². The van der Waals surface area contributed by atoms with Gasteiger partial charge < -0.3 is 10.6 Å². The largest absolute Gasteiger partial charge is 0.341 e. The molecule has 0 aromatic rings. The summed E-state index contributed by atoms with van der Waals surface area (Å²) in [6.45, 7) is 6.33. The van der Waals surface area contributed by atoms with Crippen molar-refractivity contribution in [3.05, 3.63) is 0 Å². The molecule has 0 aromatic heterocycles. The number of amides is 1. The summed E-state index contributed by atoms with van der Waals surface area (Å²) in [7, 11) is 1.87. The molecule has 0 saturated heterocycles. The summed E-state index contributed by atoms with van der Waals surface area (Å²) in [6, 6.07) is 0.0285. The average Bonchev–Trinajstić information content (AvgIpc) is 2.26. The first kappa shape index (κ1) is 14.4. The summed E-state index contributed by atoms with van der Waals surface area (Å²) >= 11 is 0. The van der Waals surface area contributed by atoms with E-state index in [-0.39, 0.29) is 11.9 Å². The number of carbonyl (C=O) groups is 1. The molecule has 0 radical (unpaired) electrons. The van der Waals surface area contributed by atoms with Gasteiger partial charge in [-0.1, -0.05) is 33.6 Å². The highest BCUT2D eigenvalue weighted by Crippen LogP contribution is 2.09. The zero-order chi connectivity index (χ0) is 11.8. The fourth-order valence-corrected chi connectivity index (χ4v) is 1.83. The lowest BCUT2D eigenvalue weighted by molar-refractivity contribution is -0.133.